The molecule has 0 fully saturated rings. The molecule has 0 aromatic heterocycles. The van der Waals surface area contributed by atoms with Gasteiger partial charge in [0.2, 0.25) is 0 Å². The quantitative estimate of drug-likeness (QED) is 0.00805. The summed E-state index contributed by atoms with van der Waals surface area (Å²) < 4.78 is 54.8. The average molecular weight is 1750 g/mol. The summed E-state index contributed by atoms with van der Waals surface area (Å²) in [6, 6.07) is 70.1. The molecule has 0 saturated carbocycles. The van der Waals surface area contributed by atoms with Crippen molar-refractivity contribution in [2.45, 2.75) is 188 Å². The molecule has 15 nitrogen and oxygen atoms in total. The van der Waals surface area contributed by atoms with Crippen molar-refractivity contribution in [3.63, 3.8) is 0 Å². The zero-order valence-electron chi connectivity index (χ0n) is 68.7. The highest BCUT2D eigenvalue weighted by Gasteiger charge is 2.15. The lowest BCUT2D eigenvalue weighted by Gasteiger charge is -2.07. The van der Waals surface area contributed by atoms with E-state index in [4.69, 9.17) is 47.4 Å². The van der Waals surface area contributed by atoms with E-state index in [1.165, 1.54) is 96.3 Å². The number of benzene rings is 10. The minimum Gasteiger partial charge on any atom is -0.494 e. The molecule has 650 valence electrons. The molecule has 25 heteroatoms. The molecular weight excluding hydrogens is 1640 g/mol. The average Bonchev–Trinajstić information content (AvgIpc) is 0.887. The van der Waals surface area contributed by atoms with E-state index in [1.807, 2.05) is 0 Å². The van der Waals surface area contributed by atoms with Crippen molar-refractivity contribution in [3.8, 4) is 57.5 Å². The van der Waals surface area contributed by atoms with Crippen molar-refractivity contribution >= 4 is 93.0 Å². The Morgan fingerprint density at radius 3 is 0.433 bits per heavy atom. The first-order valence-corrected chi connectivity index (χ1v) is 41.9. The highest BCUT2D eigenvalue weighted by Crippen LogP contribution is 2.25. The topological polar surface area (TPSA) is 178 Å². The maximum atomic E-state index is 12.1. The largest absolute Gasteiger partial charge is 0.494 e. The molecule has 0 saturated heterocycles. The van der Waals surface area contributed by atoms with Gasteiger partial charge in [-0.15, -0.1) is 63.1 Å². The molecule has 0 spiro atoms. The molecular formula is C95H115F5O15S5. The van der Waals surface area contributed by atoms with Crippen molar-refractivity contribution in [1.82, 2.24) is 0 Å². The van der Waals surface area contributed by atoms with Gasteiger partial charge in [0.25, 0.3) is 0 Å². The first-order chi connectivity index (χ1) is 55.9. The number of carbonyl (C=O) groups is 5. The Morgan fingerprint density at radius 2 is 0.308 bits per heavy atom. The van der Waals surface area contributed by atoms with Crippen LogP contribution in [0.5, 0.6) is 57.5 Å². The van der Waals surface area contributed by atoms with Crippen LogP contribution < -0.4 is 47.4 Å². The van der Waals surface area contributed by atoms with Gasteiger partial charge < -0.3 is 47.4 Å². The zero-order chi connectivity index (χ0) is 82.5. The number of esters is 5. The first kappa shape index (κ1) is 108. The molecule has 0 aliphatic carbocycles. The summed E-state index contributed by atoms with van der Waals surface area (Å²) in [6.07, 6.45) is 23.5. The van der Waals surface area contributed by atoms with Crippen LogP contribution in [-0.2, 0) is 0 Å². The van der Waals surface area contributed by atoms with E-state index in [0.717, 1.165) is 85.3 Å². The van der Waals surface area contributed by atoms with E-state index in [0.29, 0.717) is 89.6 Å². The highest BCUT2D eigenvalue weighted by molar-refractivity contribution is 7.81. The van der Waals surface area contributed by atoms with E-state index in [-0.39, 0.29) is 53.4 Å². The summed E-state index contributed by atoms with van der Waals surface area (Å²) in [5, 5.41) is 0. The zero-order valence-corrected chi connectivity index (χ0v) is 73.1. The SMILES string of the molecule is CCCCCCOc1ccc(C(=O)Oc2ccc(S)cc2)cc1.CCCCCCOc1ccc(C(=O)Oc2ccc(S)cc2)cc1.CCCCCCOc1ccc(C(=O)Oc2ccc(S)cc2)cc1.CCCCCCOc1ccc(C(=O)Oc2ccc(S)cc2)cc1.CCCCCCOc1ccc(C(=O)Oc2ccc(S)cc2)cc1.F.F.F.F.F. The van der Waals surface area contributed by atoms with Crippen LogP contribution in [0.4, 0.5) is 23.5 Å². The molecule has 0 bridgehead atoms. The van der Waals surface area contributed by atoms with Gasteiger partial charge in [-0.25, -0.2) is 24.0 Å². The van der Waals surface area contributed by atoms with E-state index in [1.54, 1.807) is 243 Å². The number of unbranched alkanes of at least 4 members (excludes halogenated alkanes) is 15. The summed E-state index contributed by atoms with van der Waals surface area (Å²) in [5.74, 6) is 4.48. The lowest BCUT2D eigenvalue weighted by atomic mass is 10.2. The fourth-order valence-electron chi connectivity index (χ4n) is 10.4. The Hall–Kier alpha value is -10.1. The minimum atomic E-state index is -0.383. The third kappa shape index (κ3) is 45.4. The molecule has 0 atom stereocenters. The lowest BCUT2D eigenvalue weighted by Crippen LogP contribution is -2.08. The fraction of sp³-hybridized carbons (Fsp3) is 0.316. The minimum absolute atomic E-state index is 0. The van der Waals surface area contributed by atoms with Crippen molar-refractivity contribution in [2.75, 3.05) is 33.0 Å². The van der Waals surface area contributed by atoms with Crippen molar-refractivity contribution in [2.24, 2.45) is 0 Å². The number of carbonyl (C=O) groups excluding carboxylic acids is 5. The molecule has 120 heavy (non-hydrogen) atoms. The van der Waals surface area contributed by atoms with Gasteiger partial charge in [-0.2, -0.15) is 0 Å². The van der Waals surface area contributed by atoms with Gasteiger partial charge in [-0.05, 0) is 275 Å². The van der Waals surface area contributed by atoms with Gasteiger partial charge >= 0.3 is 29.8 Å². The third-order valence-electron chi connectivity index (χ3n) is 17.0. The number of hydrogen-bond acceptors (Lipinski definition) is 20. The van der Waals surface area contributed by atoms with Crippen molar-refractivity contribution in [3.05, 3.63) is 270 Å². The Balaban J connectivity index is 0.000000742. The summed E-state index contributed by atoms with van der Waals surface area (Å²) >= 11 is 21.0. The lowest BCUT2D eigenvalue weighted by molar-refractivity contribution is 0.0725. The molecule has 10 aromatic carbocycles. The van der Waals surface area contributed by atoms with E-state index in [2.05, 4.69) is 97.8 Å². The molecule has 0 aliphatic heterocycles. The maximum Gasteiger partial charge on any atom is 0.343 e. The van der Waals surface area contributed by atoms with Gasteiger partial charge in [-0.1, -0.05) is 131 Å². The second-order valence-electron chi connectivity index (χ2n) is 26.6. The van der Waals surface area contributed by atoms with Crippen LogP contribution in [0.1, 0.15) is 215 Å². The number of halogens is 5. The Morgan fingerprint density at radius 1 is 0.183 bits per heavy atom. The number of ether oxygens (including phenoxy) is 10. The normalized spacial score (nSPS) is 9.92. The van der Waals surface area contributed by atoms with Gasteiger partial charge in [0.1, 0.15) is 57.5 Å². The predicted octanol–water partition coefficient (Wildman–Crippen LogP) is 26.5. The van der Waals surface area contributed by atoms with Crippen molar-refractivity contribution < 1.29 is 94.9 Å². The van der Waals surface area contributed by atoms with E-state index < -0.39 is 0 Å². The van der Waals surface area contributed by atoms with Gasteiger partial charge in [-0.3, -0.25) is 23.5 Å². The number of thiol groups is 5. The standard InChI is InChI=1S/5C19H22O3S.5FH/c5*1-2-3-4-5-14-21-16-8-6-15(7-9-16)19(20)22-17-10-12-18(23)13-11-17;;;;;/h5*6-13,23H,2-5,14H2,1H3;5*1H. The summed E-state index contributed by atoms with van der Waals surface area (Å²) in [7, 11) is 0. The molecule has 0 N–H and O–H groups in total. The van der Waals surface area contributed by atoms with E-state index >= 15 is 0 Å². The molecule has 0 heterocycles. The van der Waals surface area contributed by atoms with Gasteiger partial charge in [0.05, 0.1) is 60.9 Å². The molecule has 0 aliphatic rings. The highest BCUT2D eigenvalue weighted by atomic mass is 32.1. The van der Waals surface area contributed by atoms with Crippen LogP contribution >= 0.6 is 63.1 Å². The second kappa shape index (κ2) is 64.8. The number of rotatable bonds is 40. The smallest absolute Gasteiger partial charge is 0.343 e. The molecule has 0 radical (unpaired) electrons. The van der Waals surface area contributed by atoms with Gasteiger partial charge in [0.15, 0.2) is 0 Å². The monoisotopic (exact) mass is 1750 g/mol. The molecule has 0 unspecified atom stereocenters. The first-order valence-electron chi connectivity index (χ1n) is 39.6. The Bertz CT molecular complexity index is 3710. The fourth-order valence-corrected chi connectivity index (χ4v) is 11.2. The summed E-state index contributed by atoms with van der Waals surface area (Å²) in [6.45, 7) is 14.5. The van der Waals surface area contributed by atoms with Crippen LogP contribution in [0.25, 0.3) is 0 Å². The summed E-state index contributed by atoms with van der Waals surface area (Å²) in [4.78, 5) is 64.4. The van der Waals surface area contributed by atoms with Crippen LogP contribution in [0.15, 0.2) is 267 Å². The molecule has 10 aromatic rings. The van der Waals surface area contributed by atoms with E-state index in [9.17, 15) is 24.0 Å². The number of hydrogen-bond donors (Lipinski definition) is 5. The third-order valence-corrected chi connectivity index (χ3v) is 18.5. The molecule has 0 amide bonds. The Labute approximate surface area is 731 Å². The second-order valence-corrected chi connectivity index (χ2v) is 29.2. The summed E-state index contributed by atoms with van der Waals surface area (Å²) in [5.41, 5.74) is 2.49. The predicted molar refractivity (Wildman–Crippen MR) is 486 cm³/mol. The molecule has 10 rings (SSSR count). The van der Waals surface area contributed by atoms with Gasteiger partial charge in [0, 0.05) is 24.5 Å². The van der Waals surface area contributed by atoms with Crippen LogP contribution in [0.3, 0.4) is 0 Å². The van der Waals surface area contributed by atoms with Crippen LogP contribution in [0, 0.1) is 0 Å². The Kier molecular flexibility index (Phi) is 58.3. The van der Waals surface area contributed by atoms with Crippen LogP contribution in [-0.4, -0.2) is 62.9 Å². The maximum absolute atomic E-state index is 12.1. The van der Waals surface area contributed by atoms with Crippen LogP contribution in [0.2, 0.25) is 0 Å². The van der Waals surface area contributed by atoms with Crippen molar-refractivity contribution in [1.29, 1.82) is 0 Å².